The summed E-state index contributed by atoms with van der Waals surface area (Å²) >= 11 is 0. The first-order chi connectivity index (χ1) is 53.8. The number of fused-ring (bicyclic) bond motifs is 20. The number of aromatic nitrogens is 8. The average molecular weight is 1540 g/mol. The molecule has 0 saturated heterocycles. The van der Waals surface area contributed by atoms with E-state index in [0.717, 1.165) is 110 Å². The Labute approximate surface area is 672 Å². The molecule has 0 saturated carbocycles. The van der Waals surface area contributed by atoms with E-state index in [2.05, 4.69) is 159 Å². The van der Waals surface area contributed by atoms with Crippen LogP contribution in [0.25, 0.3) is 89.7 Å². The van der Waals surface area contributed by atoms with Crippen LogP contribution in [0.4, 0.5) is 0 Å². The third-order valence-corrected chi connectivity index (χ3v) is 22.7. The number of aliphatic hydroxyl groups excluding tert-OH is 2. The van der Waals surface area contributed by atoms with Gasteiger partial charge in [-0.25, -0.2) is 29.9 Å². The van der Waals surface area contributed by atoms with Crippen molar-refractivity contribution >= 4 is 44.1 Å². The van der Waals surface area contributed by atoms with Crippen LogP contribution in [0, 0.1) is 71.0 Å². The third-order valence-electron chi connectivity index (χ3n) is 22.7. The molecule has 618 valence electrons. The predicted octanol–water partition coefficient (Wildman–Crippen LogP) is 25.0. The lowest BCUT2D eigenvalue weighted by molar-refractivity contribution is 0.0536. The van der Waals surface area contributed by atoms with Gasteiger partial charge in [0.15, 0.2) is 57.8 Å². The lowest BCUT2D eigenvalue weighted by Crippen LogP contribution is -2.21. The van der Waals surface area contributed by atoms with Crippen molar-refractivity contribution in [3.05, 3.63) is 54.6 Å². The van der Waals surface area contributed by atoms with Crippen molar-refractivity contribution in [3.8, 4) is 85.8 Å². The van der Waals surface area contributed by atoms with E-state index in [1.54, 1.807) is 0 Å². The van der Waals surface area contributed by atoms with Crippen LogP contribution in [0.2, 0.25) is 0 Å². The predicted molar refractivity (Wildman–Crippen MR) is 462 cm³/mol. The van der Waals surface area contributed by atoms with E-state index in [-0.39, 0.29) is 6.61 Å². The molecule has 8 bridgehead atoms. The van der Waals surface area contributed by atoms with Crippen LogP contribution in [0.1, 0.15) is 279 Å². The Morgan fingerprint density at radius 1 is 0.277 bits per heavy atom. The van der Waals surface area contributed by atoms with Crippen LogP contribution in [0.15, 0.2) is 54.6 Å². The van der Waals surface area contributed by atoms with Crippen LogP contribution in [0.3, 0.4) is 0 Å². The Bertz CT molecular complexity index is 4200. The standard InChI is InChI=1S/C95H144N8O9/c1-60(2)25-19-31-66(13)39-45-106-82-52-76-77(53-83(82)107-46-40-67(14)32-20-26-61(3)4)92-99-90(76)97-88-74-38-37-73(112-59-72(105)58-104)51-75(74)89(96-88)98-91-78-54-84(108-47-41-68(15)33-21-27-62(5)6)85(109-48-42-69(16)34-22-28-63(7)8)55-79(78)93(100-91)102-95-81-57-87(111-50-44-71(18)36-24-30-65(11)12)86(56-80(81)94(101-92)103-95)110-49-43-70(17)35-23-29-64(9)10/h37-38,51-57,60-72,104-105H,19-36,39-50,58-59H2,1-18H3,(H2,96,97,98,99,100,101,102,103)/t66-,67-,68-,69-,70-,71-,72-/m0/s1. The van der Waals surface area contributed by atoms with E-state index < -0.39 is 12.7 Å². The summed E-state index contributed by atoms with van der Waals surface area (Å²) in [6.45, 7) is 44.1. The molecule has 5 heterocycles. The van der Waals surface area contributed by atoms with E-state index in [4.69, 9.17) is 63.1 Å². The fraction of sp³-hybridized carbons (Fsp3) is 0.663. The van der Waals surface area contributed by atoms with Crippen LogP contribution in [-0.2, 0) is 0 Å². The maximum Gasteiger partial charge on any atom is 0.164 e. The lowest BCUT2D eigenvalue weighted by atomic mass is 9.97. The highest BCUT2D eigenvalue weighted by Gasteiger charge is 2.29. The van der Waals surface area contributed by atoms with Crippen molar-refractivity contribution in [2.75, 3.05) is 52.9 Å². The number of hydrogen-bond acceptors (Lipinski definition) is 15. The Hall–Kier alpha value is -7.24. The number of rotatable bonds is 52. The van der Waals surface area contributed by atoms with Crippen LogP contribution in [0.5, 0.6) is 40.2 Å². The number of ether oxygens (including phenoxy) is 7. The second kappa shape index (κ2) is 44.6. The Kier molecular flexibility index (Phi) is 35.3. The Morgan fingerprint density at radius 3 is 0.768 bits per heavy atom. The van der Waals surface area contributed by atoms with E-state index in [1.165, 1.54) is 77.0 Å². The third kappa shape index (κ3) is 27.5. The van der Waals surface area contributed by atoms with E-state index >= 15 is 0 Å². The van der Waals surface area contributed by atoms with Gasteiger partial charge in [-0.2, -0.15) is 0 Å². The minimum absolute atomic E-state index is 0.121. The molecule has 0 aliphatic carbocycles. The number of hydrogen-bond donors (Lipinski definition) is 4. The van der Waals surface area contributed by atoms with Crippen molar-refractivity contribution in [3.63, 3.8) is 0 Å². The summed E-state index contributed by atoms with van der Waals surface area (Å²) in [4.78, 5) is 40.8. The van der Waals surface area contributed by atoms with Crippen molar-refractivity contribution in [1.82, 2.24) is 39.9 Å². The van der Waals surface area contributed by atoms with Gasteiger partial charge >= 0.3 is 0 Å². The molecule has 3 aromatic heterocycles. The Morgan fingerprint density at radius 2 is 0.518 bits per heavy atom. The normalized spacial score (nSPS) is 14.2. The minimum atomic E-state index is -1.08. The molecule has 17 nitrogen and oxygen atoms in total. The molecule has 7 atom stereocenters. The molecule has 0 amide bonds. The topological polar surface area (TPSA) is 214 Å². The summed E-state index contributed by atoms with van der Waals surface area (Å²) < 4.78 is 48.0. The lowest BCUT2D eigenvalue weighted by Gasteiger charge is -2.18. The fourth-order valence-electron chi connectivity index (χ4n) is 15.1. The first kappa shape index (κ1) is 88.7. The zero-order valence-corrected chi connectivity index (χ0v) is 72.3. The molecular weight excluding hydrogens is 1400 g/mol. The summed E-state index contributed by atoms with van der Waals surface area (Å²) in [5, 5.41) is 23.4. The summed E-state index contributed by atoms with van der Waals surface area (Å²) in [6.07, 6.45) is 25.4. The Balaban J connectivity index is 1.30. The molecule has 7 aromatic rings. The van der Waals surface area contributed by atoms with Crippen molar-refractivity contribution in [2.24, 2.45) is 71.0 Å². The molecule has 0 spiro atoms. The van der Waals surface area contributed by atoms with Crippen molar-refractivity contribution in [1.29, 1.82) is 0 Å². The maximum atomic E-state index is 10.6. The monoisotopic (exact) mass is 1540 g/mol. The first-order valence-electron chi connectivity index (χ1n) is 44.0. The molecule has 0 unspecified atom stereocenters. The highest BCUT2D eigenvalue weighted by atomic mass is 16.5. The average Bonchev–Trinajstić information content (AvgIpc) is 1.59. The van der Waals surface area contributed by atoms with Crippen LogP contribution >= 0.6 is 0 Å². The number of benzene rings is 4. The zero-order chi connectivity index (χ0) is 80.4. The number of aromatic amines is 2. The van der Waals surface area contributed by atoms with E-state index in [1.807, 2.05) is 30.3 Å². The van der Waals surface area contributed by atoms with Gasteiger partial charge in [0, 0.05) is 43.8 Å². The molecule has 2 aliphatic rings. The molecule has 9 rings (SSSR count). The molecule has 17 heteroatoms. The summed E-state index contributed by atoms with van der Waals surface area (Å²) in [6, 6.07) is 18.0. The summed E-state index contributed by atoms with van der Waals surface area (Å²) in [5.74, 6) is 12.7. The quantitative estimate of drug-likeness (QED) is 0.0279. The van der Waals surface area contributed by atoms with Gasteiger partial charge in [0.2, 0.25) is 0 Å². The number of nitrogens with one attached hydrogen (secondary N) is 2. The number of aliphatic hydroxyl groups is 2. The molecule has 4 aromatic carbocycles. The maximum absolute atomic E-state index is 10.6. The molecule has 112 heavy (non-hydrogen) atoms. The second-order valence-corrected chi connectivity index (χ2v) is 36.4. The first-order valence-corrected chi connectivity index (χ1v) is 44.0. The zero-order valence-electron chi connectivity index (χ0n) is 72.3. The molecule has 0 radical (unpaired) electrons. The molecule has 4 N–H and O–H groups in total. The SMILES string of the molecule is CC(C)CCC[C@H](C)CCOc1cc2c(cc1OCC[C@@H](C)CCCC(C)C)-c1nc-2nc2[nH]c(nc3nc(nc4[nH]c(n1)c1cc(OCC[C@@H](C)CCCC(C)C)c(OCC[C@@H](C)CCCC(C)C)cc41)-c1cc(OCC[C@@H](C)CCCC(C)C)c(OCC[C@@H](C)CCCC(C)C)cc1-3)c1cc(OC[C@@H](O)CO)ccc21. The van der Waals surface area contributed by atoms with Gasteiger partial charge in [-0.05, 0) is 164 Å². The largest absolute Gasteiger partial charge is 0.491 e. The highest BCUT2D eigenvalue weighted by molar-refractivity contribution is 6.07. The van der Waals surface area contributed by atoms with E-state index in [9.17, 15) is 10.2 Å². The molecular formula is C95H144N8O9. The summed E-state index contributed by atoms with van der Waals surface area (Å²) in [7, 11) is 0. The summed E-state index contributed by atoms with van der Waals surface area (Å²) in [5.41, 5.74) is 4.84. The van der Waals surface area contributed by atoms with Gasteiger partial charge in [0.1, 0.15) is 41.0 Å². The molecule has 0 fully saturated rings. The van der Waals surface area contributed by atoms with Gasteiger partial charge in [-0.1, -0.05) is 240 Å². The highest BCUT2D eigenvalue weighted by Crippen LogP contribution is 2.47. The van der Waals surface area contributed by atoms with Crippen molar-refractivity contribution in [2.45, 2.75) is 285 Å². The van der Waals surface area contributed by atoms with Gasteiger partial charge in [-0.3, -0.25) is 0 Å². The van der Waals surface area contributed by atoms with Gasteiger partial charge in [-0.15, -0.1) is 0 Å². The van der Waals surface area contributed by atoms with Gasteiger partial charge in [0.05, 0.1) is 46.2 Å². The van der Waals surface area contributed by atoms with E-state index in [0.29, 0.717) is 208 Å². The number of nitrogens with zero attached hydrogens (tertiary/aromatic N) is 6. The van der Waals surface area contributed by atoms with Gasteiger partial charge in [0.25, 0.3) is 0 Å². The van der Waals surface area contributed by atoms with Crippen molar-refractivity contribution < 1.29 is 43.4 Å². The fourth-order valence-corrected chi connectivity index (χ4v) is 15.1. The smallest absolute Gasteiger partial charge is 0.164 e. The minimum Gasteiger partial charge on any atom is -0.491 e. The van der Waals surface area contributed by atoms with Crippen LogP contribution in [-0.4, -0.2) is 109 Å². The van der Waals surface area contributed by atoms with Gasteiger partial charge < -0.3 is 53.3 Å². The van der Waals surface area contributed by atoms with Crippen LogP contribution < -0.4 is 33.2 Å². The number of H-pyrrole nitrogens is 2. The molecule has 2 aliphatic heterocycles. The second-order valence-electron chi connectivity index (χ2n) is 36.4.